The molecule has 0 fully saturated rings. The lowest BCUT2D eigenvalue weighted by Gasteiger charge is -2.11. The summed E-state index contributed by atoms with van der Waals surface area (Å²) >= 11 is 0. The first-order chi connectivity index (χ1) is 9.72. The molecule has 2 nitrogen and oxygen atoms in total. The Balaban J connectivity index is 0.000000612. The predicted molar refractivity (Wildman–Crippen MR) is 84.4 cm³/mol. The summed E-state index contributed by atoms with van der Waals surface area (Å²) in [7, 11) is 1.67. The topological polar surface area (TPSA) is 18.5 Å². The van der Waals surface area contributed by atoms with Gasteiger partial charge in [0, 0.05) is 5.56 Å². The molecule has 0 spiro atoms. The summed E-state index contributed by atoms with van der Waals surface area (Å²) < 4.78 is 11.0. The van der Waals surface area contributed by atoms with E-state index in [9.17, 15) is 0 Å². The fourth-order valence-corrected chi connectivity index (χ4v) is 1.71. The molecule has 0 N–H and O–H groups in total. The number of rotatable bonds is 4. The smallest absolute Gasteiger partial charge is 0.126 e. The van der Waals surface area contributed by atoms with Crippen LogP contribution in [0.25, 0.3) is 0 Å². The molecule has 0 saturated heterocycles. The summed E-state index contributed by atoms with van der Waals surface area (Å²) in [5, 5.41) is 0. The van der Waals surface area contributed by atoms with Crippen molar-refractivity contribution in [2.75, 3.05) is 7.11 Å². The van der Waals surface area contributed by atoms with Gasteiger partial charge < -0.3 is 9.47 Å². The van der Waals surface area contributed by atoms with E-state index in [-0.39, 0.29) is 0 Å². The molecular weight excluding hydrogens is 248 g/mol. The SMILES string of the molecule is C=CC.COc1cccc(OCc2ccccc2)c1C. The van der Waals surface area contributed by atoms with Crippen molar-refractivity contribution in [2.45, 2.75) is 20.5 Å². The van der Waals surface area contributed by atoms with Gasteiger partial charge in [0.2, 0.25) is 0 Å². The first kappa shape index (κ1) is 15.8. The van der Waals surface area contributed by atoms with Crippen molar-refractivity contribution >= 4 is 0 Å². The zero-order valence-corrected chi connectivity index (χ0v) is 12.4. The van der Waals surface area contributed by atoms with Crippen LogP contribution in [0.15, 0.2) is 61.2 Å². The summed E-state index contributed by atoms with van der Waals surface area (Å²) in [5.41, 5.74) is 2.20. The number of benzene rings is 2. The van der Waals surface area contributed by atoms with Gasteiger partial charge in [-0.2, -0.15) is 0 Å². The molecule has 0 unspecified atom stereocenters. The Morgan fingerprint density at radius 2 is 1.60 bits per heavy atom. The molecular formula is C18H22O2. The van der Waals surface area contributed by atoms with Gasteiger partial charge in [0.25, 0.3) is 0 Å². The van der Waals surface area contributed by atoms with Crippen molar-refractivity contribution in [1.29, 1.82) is 0 Å². The van der Waals surface area contributed by atoms with Crippen molar-refractivity contribution in [3.8, 4) is 11.5 Å². The molecule has 0 saturated carbocycles. The fourth-order valence-electron chi connectivity index (χ4n) is 1.71. The number of ether oxygens (including phenoxy) is 2. The van der Waals surface area contributed by atoms with E-state index in [1.54, 1.807) is 13.2 Å². The van der Waals surface area contributed by atoms with Crippen LogP contribution in [0.1, 0.15) is 18.1 Å². The van der Waals surface area contributed by atoms with Crippen molar-refractivity contribution in [3.63, 3.8) is 0 Å². The highest BCUT2D eigenvalue weighted by molar-refractivity contribution is 5.43. The van der Waals surface area contributed by atoms with Gasteiger partial charge in [-0.05, 0) is 31.5 Å². The minimum Gasteiger partial charge on any atom is -0.496 e. The van der Waals surface area contributed by atoms with Gasteiger partial charge in [0.15, 0.2) is 0 Å². The lowest BCUT2D eigenvalue weighted by atomic mass is 10.2. The normalized spacial score (nSPS) is 9.15. The van der Waals surface area contributed by atoms with Gasteiger partial charge >= 0.3 is 0 Å². The molecule has 0 aromatic heterocycles. The molecule has 0 aliphatic carbocycles. The summed E-state index contributed by atoms with van der Waals surface area (Å²) in [5.74, 6) is 1.73. The van der Waals surface area contributed by atoms with Crippen LogP contribution in [0, 0.1) is 6.92 Å². The molecule has 0 aliphatic rings. The second-order valence-corrected chi connectivity index (χ2v) is 4.27. The van der Waals surface area contributed by atoms with Crippen LogP contribution in [0.4, 0.5) is 0 Å². The van der Waals surface area contributed by atoms with E-state index < -0.39 is 0 Å². The largest absolute Gasteiger partial charge is 0.496 e. The molecule has 0 atom stereocenters. The predicted octanol–water partition coefficient (Wildman–Crippen LogP) is 4.77. The maximum atomic E-state index is 5.79. The maximum Gasteiger partial charge on any atom is 0.126 e. The van der Waals surface area contributed by atoms with E-state index in [2.05, 4.69) is 18.7 Å². The Labute approximate surface area is 121 Å². The number of allylic oxidation sites excluding steroid dienone is 1. The minimum atomic E-state index is 0.578. The van der Waals surface area contributed by atoms with E-state index in [1.807, 2.05) is 50.2 Å². The second kappa shape index (κ2) is 8.81. The number of hydrogen-bond donors (Lipinski definition) is 0. The van der Waals surface area contributed by atoms with Gasteiger partial charge in [0.05, 0.1) is 7.11 Å². The standard InChI is InChI=1S/C15H16O2.C3H6/c1-12-14(16-2)9-6-10-15(12)17-11-13-7-4-3-5-8-13;1-3-2/h3-10H,11H2,1-2H3;3H,1H2,2H3. The molecule has 0 heterocycles. The third-order valence-electron chi connectivity index (χ3n) is 2.69. The van der Waals surface area contributed by atoms with E-state index in [4.69, 9.17) is 9.47 Å². The van der Waals surface area contributed by atoms with Crippen LogP contribution in [-0.4, -0.2) is 7.11 Å². The van der Waals surface area contributed by atoms with Crippen molar-refractivity contribution in [3.05, 3.63) is 72.3 Å². The Morgan fingerprint density at radius 3 is 2.20 bits per heavy atom. The molecule has 2 aromatic carbocycles. The average molecular weight is 270 g/mol. The quantitative estimate of drug-likeness (QED) is 0.745. The van der Waals surface area contributed by atoms with Crippen molar-refractivity contribution in [1.82, 2.24) is 0 Å². The highest BCUT2D eigenvalue weighted by Gasteiger charge is 2.04. The monoisotopic (exact) mass is 270 g/mol. The lowest BCUT2D eigenvalue weighted by Crippen LogP contribution is -1.98. The van der Waals surface area contributed by atoms with Gasteiger partial charge in [-0.15, -0.1) is 6.58 Å². The summed E-state index contributed by atoms with van der Waals surface area (Å²) in [6.45, 7) is 7.83. The molecule has 2 aromatic rings. The van der Waals surface area contributed by atoms with Gasteiger partial charge in [-0.1, -0.05) is 42.5 Å². The van der Waals surface area contributed by atoms with Crippen LogP contribution < -0.4 is 9.47 Å². The molecule has 2 heteroatoms. The van der Waals surface area contributed by atoms with E-state index in [0.717, 1.165) is 22.6 Å². The summed E-state index contributed by atoms with van der Waals surface area (Å²) in [6.07, 6.45) is 1.75. The highest BCUT2D eigenvalue weighted by Crippen LogP contribution is 2.27. The molecule has 20 heavy (non-hydrogen) atoms. The Hall–Kier alpha value is -2.22. The highest BCUT2D eigenvalue weighted by atomic mass is 16.5. The Kier molecular flexibility index (Phi) is 6.97. The summed E-state index contributed by atoms with van der Waals surface area (Å²) in [4.78, 5) is 0. The second-order valence-electron chi connectivity index (χ2n) is 4.27. The van der Waals surface area contributed by atoms with E-state index in [0.29, 0.717) is 6.61 Å². The van der Waals surface area contributed by atoms with Gasteiger partial charge in [0.1, 0.15) is 18.1 Å². The lowest BCUT2D eigenvalue weighted by molar-refractivity contribution is 0.301. The van der Waals surface area contributed by atoms with Gasteiger partial charge in [-0.25, -0.2) is 0 Å². The van der Waals surface area contributed by atoms with Crippen LogP contribution in [-0.2, 0) is 6.61 Å². The Bertz CT molecular complexity index is 518. The first-order valence-corrected chi connectivity index (χ1v) is 6.60. The third-order valence-corrected chi connectivity index (χ3v) is 2.69. The average Bonchev–Trinajstić information content (AvgIpc) is 2.48. The van der Waals surface area contributed by atoms with Crippen LogP contribution in [0.5, 0.6) is 11.5 Å². The van der Waals surface area contributed by atoms with E-state index in [1.165, 1.54) is 0 Å². The van der Waals surface area contributed by atoms with Crippen LogP contribution >= 0.6 is 0 Å². The third kappa shape index (κ3) is 4.81. The molecule has 0 radical (unpaired) electrons. The molecule has 0 amide bonds. The maximum absolute atomic E-state index is 5.79. The zero-order valence-electron chi connectivity index (χ0n) is 12.4. The molecule has 0 bridgehead atoms. The zero-order chi connectivity index (χ0) is 14.8. The number of hydrogen-bond acceptors (Lipinski definition) is 2. The van der Waals surface area contributed by atoms with E-state index >= 15 is 0 Å². The molecule has 2 rings (SSSR count). The van der Waals surface area contributed by atoms with Crippen LogP contribution in [0.2, 0.25) is 0 Å². The summed E-state index contributed by atoms with van der Waals surface area (Å²) in [6, 6.07) is 16.0. The minimum absolute atomic E-state index is 0.578. The molecule has 0 aliphatic heterocycles. The number of methoxy groups -OCH3 is 1. The fraction of sp³-hybridized carbons (Fsp3) is 0.222. The Morgan fingerprint density at radius 1 is 1.00 bits per heavy atom. The first-order valence-electron chi connectivity index (χ1n) is 6.60. The van der Waals surface area contributed by atoms with Crippen LogP contribution in [0.3, 0.4) is 0 Å². The van der Waals surface area contributed by atoms with Gasteiger partial charge in [-0.3, -0.25) is 0 Å². The molecule has 106 valence electrons. The van der Waals surface area contributed by atoms with Crippen molar-refractivity contribution < 1.29 is 9.47 Å². The van der Waals surface area contributed by atoms with Crippen molar-refractivity contribution in [2.24, 2.45) is 0 Å².